The van der Waals surface area contributed by atoms with Gasteiger partial charge >= 0.3 is 6.36 Å². The molecule has 0 fully saturated rings. The molecule has 3 nitrogen and oxygen atoms in total. The zero-order valence-corrected chi connectivity index (χ0v) is 10.9. The fraction of sp³-hybridized carbons (Fsp3) is 0.375. The molecule has 1 aromatic heterocycles. The van der Waals surface area contributed by atoms with Gasteiger partial charge in [0.2, 0.25) is 5.88 Å². The van der Waals surface area contributed by atoms with E-state index < -0.39 is 6.36 Å². The summed E-state index contributed by atoms with van der Waals surface area (Å²) >= 11 is 7.23. The molecule has 16 heavy (non-hydrogen) atoms. The van der Waals surface area contributed by atoms with Gasteiger partial charge < -0.3 is 9.47 Å². The summed E-state index contributed by atoms with van der Waals surface area (Å²) in [5.41, 5.74) is 0.279. The summed E-state index contributed by atoms with van der Waals surface area (Å²) in [6, 6.07) is 1.06. The lowest BCUT2D eigenvalue weighted by atomic mass is 10.3. The number of aromatic nitrogens is 1. The van der Waals surface area contributed by atoms with E-state index in [2.05, 4.69) is 9.72 Å². The van der Waals surface area contributed by atoms with Crippen molar-refractivity contribution in [3.63, 3.8) is 0 Å². The molecule has 0 aliphatic carbocycles. The summed E-state index contributed by atoms with van der Waals surface area (Å²) in [6.07, 6.45) is -4.75. The van der Waals surface area contributed by atoms with Gasteiger partial charge in [0.05, 0.1) is 22.3 Å². The van der Waals surface area contributed by atoms with Crippen LogP contribution >= 0.6 is 34.2 Å². The minimum absolute atomic E-state index is 0.0234. The van der Waals surface area contributed by atoms with Gasteiger partial charge in [-0.1, -0.05) is 0 Å². The fourth-order valence-electron chi connectivity index (χ4n) is 0.924. The summed E-state index contributed by atoms with van der Waals surface area (Å²) in [5, 5.41) is 0. The Hall–Kier alpha value is -0.440. The van der Waals surface area contributed by atoms with Gasteiger partial charge in [0.25, 0.3) is 0 Å². The lowest BCUT2D eigenvalue weighted by Crippen LogP contribution is -2.18. The van der Waals surface area contributed by atoms with Crippen molar-refractivity contribution < 1.29 is 22.6 Å². The highest BCUT2D eigenvalue weighted by atomic mass is 127. The average molecular weight is 367 g/mol. The van der Waals surface area contributed by atoms with E-state index in [0.29, 0.717) is 0 Å². The van der Waals surface area contributed by atoms with Crippen molar-refractivity contribution in [1.82, 2.24) is 4.98 Å². The molecule has 1 heterocycles. The van der Waals surface area contributed by atoms with Gasteiger partial charge in [0.1, 0.15) is 5.75 Å². The summed E-state index contributed by atoms with van der Waals surface area (Å²) in [7, 11) is 1.30. The summed E-state index contributed by atoms with van der Waals surface area (Å²) < 4.78 is 45.0. The second-order valence-corrected chi connectivity index (χ2v) is 3.95. The number of methoxy groups -OCH3 is 1. The zero-order chi connectivity index (χ0) is 12.3. The Morgan fingerprint density at radius 3 is 2.56 bits per heavy atom. The fourth-order valence-corrected chi connectivity index (χ4v) is 1.92. The maximum Gasteiger partial charge on any atom is 0.573 e. The topological polar surface area (TPSA) is 31.4 Å². The van der Waals surface area contributed by atoms with E-state index in [1.54, 1.807) is 22.6 Å². The van der Waals surface area contributed by atoms with Crippen LogP contribution in [0.25, 0.3) is 0 Å². The van der Waals surface area contributed by atoms with Gasteiger partial charge in [0.15, 0.2) is 0 Å². The lowest BCUT2D eigenvalue weighted by molar-refractivity contribution is -0.275. The highest BCUT2D eigenvalue weighted by Crippen LogP contribution is 2.32. The van der Waals surface area contributed by atoms with Crippen LogP contribution in [0.3, 0.4) is 0 Å². The molecule has 1 rings (SSSR count). The van der Waals surface area contributed by atoms with Crippen molar-refractivity contribution >= 4 is 34.2 Å². The molecule has 0 saturated heterocycles. The van der Waals surface area contributed by atoms with Gasteiger partial charge in [-0.3, -0.25) is 0 Å². The third kappa shape index (κ3) is 3.55. The van der Waals surface area contributed by atoms with Gasteiger partial charge in [-0.05, 0) is 22.6 Å². The molecule has 0 aliphatic rings. The first kappa shape index (κ1) is 13.6. The van der Waals surface area contributed by atoms with Crippen LogP contribution in [0.2, 0.25) is 0 Å². The molecule has 0 saturated carbocycles. The Balaban J connectivity index is 3.16. The predicted octanol–water partition coefficient (Wildman–Crippen LogP) is 3.33. The van der Waals surface area contributed by atoms with Crippen molar-refractivity contribution in [2.45, 2.75) is 12.2 Å². The van der Waals surface area contributed by atoms with Gasteiger partial charge in [-0.2, -0.15) is 0 Å². The molecule has 0 amide bonds. The van der Waals surface area contributed by atoms with Crippen LogP contribution in [0.1, 0.15) is 5.69 Å². The molecule has 0 spiro atoms. The normalized spacial score (nSPS) is 11.4. The molecule has 1 aromatic rings. The van der Waals surface area contributed by atoms with Crippen molar-refractivity contribution in [3.8, 4) is 11.6 Å². The molecule has 0 N–H and O–H groups in total. The summed E-state index contributed by atoms with van der Waals surface area (Å²) in [4.78, 5) is 3.89. The monoisotopic (exact) mass is 367 g/mol. The smallest absolute Gasteiger partial charge is 0.481 e. The quantitative estimate of drug-likeness (QED) is 0.607. The SMILES string of the molecule is COc1cc(OC(F)(F)F)c(I)c(CCl)n1. The van der Waals surface area contributed by atoms with Crippen LogP contribution in [0, 0.1) is 3.57 Å². The van der Waals surface area contributed by atoms with E-state index in [4.69, 9.17) is 16.3 Å². The maximum atomic E-state index is 12.1. The van der Waals surface area contributed by atoms with Crippen LogP contribution < -0.4 is 9.47 Å². The van der Waals surface area contributed by atoms with Crippen LogP contribution in [-0.4, -0.2) is 18.5 Å². The Morgan fingerprint density at radius 2 is 2.12 bits per heavy atom. The molecule has 0 aliphatic heterocycles. The van der Waals surface area contributed by atoms with E-state index in [9.17, 15) is 13.2 Å². The largest absolute Gasteiger partial charge is 0.573 e. The Bertz CT molecular complexity index is 386. The number of rotatable bonds is 3. The molecular formula is C8H6ClF3INO2. The van der Waals surface area contributed by atoms with Crippen LogP contribution in [0.5, 0.6) is 11.6 Å². The molecule has 0 radical (unpaired) electrons. The second-order valence-electron chi connectivity index (χ2n) is 2.60. The zero-order valence-electron chi connectivity index (χ0n) is 7.94. The number of pyridine rings is 1. The number of ether oxygens (including phenoxy) is 2. The van der Waals surface area contributed by atoms with Gasteiger partial charge in [-0.15, -0.1) is 24.8 Å². The molecular weight excluding hydrogens is 361 g/mol. The van der Waals surface area contributed by atoms with Crippen LogP contribution in [0.4, 0.5) is 13.2 Å². The van der Waals surface area contributed by atoms with Crippen molar-refractivity contribution in [2.24, 2.45) is 0 Å². The highest BCUT2D eigenvalue weighted by molar-refractivity contribution is 14.1. The van der Waals surface area contributed by atoms with Crippen molar-refractivity contribution in [2.75, 3.05) is 7.11 Å². The third-order valence-corrected chi connectivity index (χ3v) is 2.94. The lowest BCUT2D eigenvalue weighted by Gasteiger charge is -2.13. The first-order chi connectivity index (χ1) is 7.37. The molecule has 0 unspecified atom stereocenters. The van der Waals surface area contributed by atoms with E-state index in [-0.39, 0.29) is 26.8 Å². The van der Waals surface area contributed by atoms with E-state index >= 15 is 0 Å². The van der Waals surface area contributed by atoms with E-state index in [1.165, 1.54) is 7.11 Å². The molecule has 0 atom stereocenters. The Kier molecular flexibility index (Phi) is 4.48. The number of hydrogen-bond donors (Lipinski definition) is 0. The highest BCUT2D eigenvalue weighted by Gasteiger charge is 2.32. The maximum absolute atomic E-state index is 12.1. The minimum atomic E-state index is -4.75. The first-order valence-corrected chi connectivity index (χ1v) is 5.54. The summed E-state index contributed by atoms with van der Waals surface area (Å²) in [6.45, 7) is 0. The number of nitrogens with zero attached hydrogens (tertiary/aromatic N) is 1. The number of hydrogen-bond acceptors (Lipinski definition) is 3. The third-order valence-electron chi connectivity index (χ3n) is 1.53. The number of halogens is 5. The van der Waals surface area contributed by atoms with Gasteiger partial charge in [0, 0.05) is 6.07 Å². The molecule has 90 valence electrons. The molecule has 0 aromatic carbocycles. The van der Waals surface area contributed by atoms with E-state index in [0.717, 1.165) is 6.07 Å². The standard InChI is InChI=1S/C8H6ClF3INO2/c1-15-6-2-5(16-8(10,11)12)7(13)4(3-9)14-6/h2H,3H2,1H3. The van der Waals surface area contributed by atoms with Gasteiger partial charge in [-0.25, -0.2) is 4.98 Å². The van der Waals surface area contributed by atoms with Crippen molar-refractivity contribution in [1.29, 1.82) is 0 Å². The molecule has 8 heteroatoms. The van der Waals surface area contributed by atoms with Crippen LogP contribution in [0.15, 0.2) is 6.07 Å². The van der Waals surface area contributed by atoms with Crippen LogP contribution in [-0.2, 0) is 5.88 Å². The second kappa shape index (κ2) is 5.26. The van der Waals surface area contributed by atoms with Crippen molar-refractivity contribution in [3.05, 3.63) is 15.3 Å². The van der Waals surface area contributed by atoms with E-state index in [1.807, 2.05) is 0 Å². The average Bonchev–Trinajstić information content (AvgIpc) is 2.19. The first-order valence-electron chi connectivity index (χ1n) is 3.92. The Labute approximate surface area is 108 Å². The molecule has 0 bridgehead atoms. The summed E-state index contributed by atoms with van der Waals surface area (Å²) in [5.74, 6) is -0.366. The Morgan fingerprint density at radius 1 is 1.50 bits per heavy atom. The number of alkyl halides is 4. The predicted molar refractivity (Wildman–Crippen MR) is 59.7 cm³/mol. The minimum Gasteiger partial charge on any atom is -0.481 e.